The maximum atomic E-state index is 14.5. The Morgan fingerprint density at radius 2 is 1.29 bits per heavy atom. The van der Waals surface area contributed by atoms with Gasteiger partial charge in [0.05, 0.1) is 19.8 Å². The number of hydrogen-bond donors (Lipinski definition) is 0. The van der Waals surface area contributed by atoms with Crippen molar-refractivity contribution in [3.05, 3.63) is 82.9 Å². The van der Waals surface area contributed by atoms with Crippen molar-refractivity contribution in [1.82, 2.24) is 10.0 Å². The van der Waals surface area contributed by atoms with Gasteiger partial charge in [-0.1, -0.05) is 60.7 Å². The summed E-state index contributed by atoms with van der Waals surface area (Å²) in [7, 11) is 2.26. The minimum Gasteiger partial charge on any atom is -0.466 e. The van der Waals surface area contributed by atoms with Crippen LogP contribution in [0.1, 0.15) is 43.6 Å². The summed E-state index contributed by atoms with van der Waals surface area (Å²) in [6.45, 7) is 7.46. The third-order valence-electron chi connectivity index (χ3n) is 5.96. The van der Waals surface area contributed by atoms with Crippen LogP contribution in [0.5, 0.6) is 0 Å². The number of ether oxygens (including phenoxy) is 2. The van der Waals surface area contributed by atoms with E-state index in [0.717, 1.165) is 14.2 Å². The van der Waals surface area contributed by atoms with Crippen molar-refractivity contribution in [2.75, 3.05) is 14.2 Å². The summed E-state index contributed by atoms with van der Waals surface area (Å²) in [6.07, 6.45) is 0. The molecule has 1 amide bonds. The van der Waals surface area contributed by atoms with Crippen LogP contribution in [0.3, 0.4) is 0 Å². The average molecular weight is 479 g/mol. The molecule has 0 aliphatic carbocycles. The summed E-state index contributed by atoms with van der Waals surface area (Å²) < 4.78 is 9.98. The fourth-order valence-corrected chi connectivity index (χ4v) is 4.72. The largest absolute Gasteiger partial charge is 0.466 e. The van der Waals surface area contributed by atoms with Crippen LogP contribution in [0.15, 0.2) is 71.8 Å². The predicted molar refractivity (Wildman–Crippen MR) is 129 cm³/mol. The van der Waals surface area contributed by atoms with E-state index in [9.17, 15) is 19.2 Å². The van der Waals surface area contributed by atoms with E-state index >= 15 is 0 Å². The maximum Gasteiger partial charge on any atom is 0.344 e. The van der Waals surface area contributed by atoms with Crippen LogP contribution in [-0.4, -0.2) is 60.0 Å². The third-order valence-corrected chi connectivity index (χ3v) is 5.96. The van der Waals surface area contributed by atoms with Crippen LogP contribution in [0.2, 0.25) is 0 Å². The van der Waals surface area contributed by atoms with Gasteiger partial charge in [-0.3, -0.25) is 9.59 Å². The lowest BCUT2D eigenvalue weighted by Gasteiger charge is -2.48. The molecule has 0 aromatic heterocycles. The number of benzene rings is 2. The van der Waals surface area contributed by atoms with Gasteiger partial charge in [-0.05, 0) is 33.3 Å². The number of carbonyl (C=O) groups is 4. The number of amides is 1. The highest BCUT2D eigenvalue weighted by molar-refractivity contribution is 6.29. The van der Waals surface area contributed by atoms with Gasteiger partial charge in [0.2, 0.25) is 0 Å². The zero-order valence-electron chi connectivity index (χ0n) is 20.8. The number of methoxy groups -OCH3 is 2. The highest BCUT2D eigenvalue weighted by atomic mass is 16.5. The van der Waals surface area contributed by atoms with Gasteiger partial charge in [0.1, 0.15) is 5.57 Å². The summed E-state index contributed by atoms with van der Waals surface area (Å²) in [4.78, 5) is 55.0. The van der Waals surface area contributed by atoms with Gasteiger partial charge >= 0.3 is 11.9 Å². The van der Waals surface area contributed by atoms with E-state index in [2.05, 4.69) is 0 Å². The number of rotatable bonds is 8. The minimum absolute atomic E-state index is 0.258. The molecule has 2 aromatic rings. The number of hydrazine groups is 1. The lowest BCUT2D eigenvalue weighted by atomic mass is 9.76. The van der Waals surface area contributed by atoms with Crippen LogP contribution in [0.4, 0.5) is 0 Å². The predicted octanol–water partition coefficient (Wildman–Crippen LogP) is 3.28. The Kier molecular flexibility index (Phi) is 7.55. The van der Waals surface area contributed by atoms with Gasteiger partial charge in [0, 0.05) is 17.6 Å². The molecule has 0 fully saturated rings. The summed E-state index contributed by atoms with van der Waals surface area (Å²) in [6, 6.07) is 16.3. The first-order valence-electron chi connectivity index (χ1n) is 11.3. The topological polar surface area (TPSA) is 93.2 Å². The van der Waals surface area contributed by atoms with Crippen molar-refractivity contribution in [3.8, 4) is 0 Å². The SMILES string of the molecule is COC(=O)C1=C(C(=O)OC)C(C(=O)c2ccccc2)(c2ccccc2)N(N(C(C)C)C(C)C)C1=O. The molecule has 1 aliphatic heterocycles. The van der Waals surface area contributed by atoms with E-state index in [-0.39, 0.29) is 23.2 Å². The second-order valence-electron chi connectivity index (χ2n) is 8.69. The number of hydrogen-bond acceptors (Lipinski definition) is 7. The fourth-order valence-electron chi connectivity index (χ4n) is 4.72. The van der Waals surface area contributed by atoms with E-state index in [1.807, 2.05) is 27.7 Å². The van der Waals surface area contributed by atoms with Crippen molar-refractivity contribution < 1.29 is 28.7 Å². The normalized spacial score (nSPS) is 18.0. The Morgan fingerprint density at radius 3 is 1.74 bits per heavy atom. The molecule has 8 heteroatoms. The van der Waals surface area contributed by atoms with E-state index < -0.39 is 34.7 Å². The second kappa shape index (κ2) is 10.2. The molecule has 2 aromatic carbocycles. The molecule has 35 heavy (non-hydrogen) atoms. The highest BCUT2D eigenvalue weighted by Gasteiger charge is 2.64. The molecule has 3 rings (SSSR count). The molecule has 0 saturated carbocycles. The second-order valence-corrected chi connectivity index (χ2v) is 8.69. The molecule has 1 unspecified atom stereocenters. The molecule has 1 aliphatic rings. The molecular weight excluding hydrogens is 448 g/mol. The van der Waals surface area contributed by atoms with Gasteiger partial charge < -0.3 is 9.47 Å². The first kappa shape index (κ1) is 25.8. The third kappa shape index (κ3) is 4.14. The number of esters is 2. The molecule has 184 valence electrons. The van der Waals surface area contributed by atoms with Crippen LogP contribution in [0.25, 0.3) is 0 Å². The Balaban J connectivity index is 2.57. The smallest absolute Gasteiger partial charge is 0.344 e. The van der Waals surface area contributed by atoms with Crippen molar-refractivity contribution in [2.24, 2.45) is 0 Å². The first-order valence-corrected chi connectivity index (χ1v) is 11.3. The summed E-state index contributed by atoms with van der Waals surface area (Å²) in [5, 5.41) is 2.94. The van der Waals surface area contributed by atoms with Gasteiger partial charge in [-0.15, -0.1) is 0 Å². The molecule has 8 nitrogen and oxygen atoms in total. The van der Waals surface area contributed by atoms with Gasteiger partial charge in [0.15, 0.2) is 11.3 Å². The molecular formula is C27H30N2O6. The van der Waals surface area contributed by atoms with Crippen molar-refractivity contribution >= 4 is 23.6 Å². The van der Waals surface area contributed by atoms with E-state index in [1.54, 1.807) is 65.7 Å². The van der Waals surface area contributed by atoms with Gasteiger partial charge in [0.25, 0.3) is 5.91 Å². The highest BCUT2D eigenvalue weighted by Crippen LogP contribution is 2.48. The molecule has 1 atom stereocenters. The number of ketones is 1. The zero-order chi connectivity index (χ0) is 25.9. The Hall–Kier alpha value is -3.78. The average Bonchev–Trinajstić information content (AvgIpc) is 3.12. The Labute approximate surface area is 205 Å². The van der Waals surface area contributed by atoms with Crippen LogP contribution in [0, 0.1) is 0 Å². The first-order chi connectivity index (χ1) is 16.6. The lowest BCUT2D eigenvalue weighted by molar-refractivity contribution is -0.165. The van der Waals surface area contributed by atoms with Crippen LogP contribution >= 0.6 is 0 Å². The molecule has 0 spiro atoms. The summed E-state index contributed by atoms with van der Waals surface area (Å²) in [5.74, 6) is -3.36. The minimum atomic E-state index is -2.01. The van der Waals surface area contributed by atoms with Gasteiger partial charge in [-0.25, -0.2) is 19.6 Å². The standard InChI is InChI=1S/C27H30N2O6/c1-17(2)28(18(3)4)29-24(31)21(25(32)34-5)22(26(33)35-6)27(29,20-15-11-8-12-16-20)23(30)19-13-9-7-10-14-19/h7-18H,1-6H3. The zero-order valence-corrected chi connectivity index (χ0v) is 20.8. The van der Waals surface area contributed by atoms with Crippen molar-refractivity contribution in [2.45, 2.75) is 45.3 Å². The molecule has 0 bridgehead atoms. The number of Topliss-reactive ketones (excluding diaryl/α,β-unsaturated/α-hetero) is 1. The Morgan fingerprint density at radius 1 is 0.800 bits per heavy atom. The monoisotopic (exact) mass is 478 g/mol. The maximum absolute atomic E-state index is 14.5. The van der Waals surface area contributed by atoms with E-state index in [0.29, 0.717) is 5.56 Å². The van der Waals surface area contributed by atoms with Gasteiger partial charge in [-0.2, -0.15) is 0 Å². The fraction of sp³-hybridized carbons (Fsp3) is 0.333. The number of carbonyl (C=O) groups excluding carboxylic acids is 4. The van der Waals surface area contributed by atoms with E-state index in [1.165, 1.54) is 5.01 Å². The van der Waals surface area contributed by atoms with Crippen molar-refractivity contribution in [3.63, 3.8) is 0 Å². The molecule has 0 saturated heterocycles. The van der Waals surface area contributed by atoms with Crippen LogP contribution < -0.4 is 0 Å². The molecule has 0 N–H and O–H groups in total. The quantitative estimate of drug-likeness (QED) is 0.327. The van der Waals surface area contributed by atoms with Crippen LogP contribution in [-0.2, 0) is 29.4 Å². The van der Waals surface area contributed by atoms with Crippen molar-refractivity contribution in [1.29, 1.82) is 0 Å². The molecule has 1 heterocycles. The Bertz CT molecular complexity index is 1150. The summed E-state index contributed by atoms with van der Waals surface area (Å²) >= 11 is 0. The summed E-state index contributed by atoms with van der Waals surface area (Å²) in [5.41, 5.74) is -2.31. The van der Waals surface area contributed by atoms with E-state index in [4.69, 9.17) is 9.47 Å². The molecule has 0 radical (unpaired) electrons. The lowest BCUT2D eigenvalue weighted by Crippen LogP contribution is -2.63. The number of nitrogens with zero attached hydrogens (tertiary/aromatic N) is 2.